The molecule has 1 N–H and O–H groups in total. The number of nitrogens with one attached hydrogen (secondary N) is 1. The molecule has 2 aromatic rings. The molecule has 0 aliphatic carbocycles. The van der Waals surface area contributed by atoms with Gasteiger partial charge in [-0.15, -0.1) is 0 Å². The third kappa shape index (κ3) is 2.02. The average Bonchev–Trinajstić information content (AvgIpc) is 3.01. The molecule has 1 aromatic carbocycles. The van der Waals surface area contributed by atoms with Gasteiger partial charge >= 0.3 is 5.76 Å². The van der Waals surface area contributed by atoms with Gasteiger partial charge in [-0.05, 0) is 39.3 Å². The molecule has 0 amide bonds. The van der Waals surface area contributed by atoms with Crippen molar-refractivity contribution in [1.29, 1.82) is 0 Å². The zero-order valence-corrected chi connectivity index (χ0v) is 10.8. The molecule has 98 valence electrons. The number of benzene rings is 1. The normalized spacial score (nSPS) is 13.9. The Morgan fingerprint density at radius 2 is 2.26 bits per heavy atom. The van der Waals surface area contributed by atoms with Crippen LogP contribution in [-0.4, -0.2) is 9.72 Å². The van der Waals surface area contributed by atoms with Crippen LogP contribution in [0.15, 0.2) is 44.5 Å². The lowest BCUT2D eigenvalue weighted by Crippen LogP contribution is -2.31. The van der Waals surface area contributed by atoms with Crippen LogP contribution in [0.1, 0.15) is 0 Å². The van der Waals surface area contributed by atoms with Gasteiger partial charge in [0.25, 0.3) is 5.95 Å². The molecular weight excluding hydrogens is 323 g/mol. The van der Waals surface area contributed by atoms with Crippen LogP contribution in [0.25, 0.3) is 5.69 Å². The Balaban J connectivity index is 2.13. The Labute approximate surface area is 113 Å². The van der Waals surface area contributed by atoms with E-state index in [0.29, 0.717) is 5.69 Å². The van der Waals surface area contributed by atoms with Crippen molar-refractivity contribution >= 4 is 21.9 Å². The fourth-order valence-corrected chi connectivity index (χ4v) is 1.92. The maximum Gasteiger partial charge on any atom is 0.447 e. The van der Waals surface area contributed by atoms with Gasteiger partial charge in [0.05, 0.1) is 16.4 Å². The minimum absolute atomic E-state index is 0.150. The molecule has 0 unspecified atom stereocenters. The van der Waals surface area contributed by atoms with E-state index in [1.54, 1.807) is 0 Å². The number of nitrogens with zero attached hydrogens (tertiary/aromatic N) is 3. The van der Waals surface area contributed by atoms with Crippen molar-refractivity contribution in [3.63, 3.8) is 0 Å². The van der Waals surface area contributed by atoms with Crippen molar-refractivity contribution in [2.45, 2.75) is 0 Å². The summed E-state index contributed by atoms with van der Waals surface area (Å²) in [5, 5.41) is 4.96. The first-order chi connectivity index (χ1) is 9.16. The van der Waals surface area contributed by atoms with E-state index in [1.807, 2.05) is 0 Å². The number of hydrogen-bond acceptors (Lipinski definition) is 6. The summed E-state index contributed by atoms with van der Waals surface area (Å²) in [4.78, 5) is 16.5. The molecule has 0 bridgehead atoms. The van der Waals surface area contributed by atoms with Gasteiger partial charge in [0.1, 0.15) is 12.1 Å². The number of hydrogen-bond donors (Lipinski definition) is 1. The number of halogens is 2. The predicted octanol–water partition coefficient (Wildman–Crippen LogP) is 1.45. The highest BCUT2D eigenvalue weighted by Crippen LogP contribution is 2.22. The zero-order chi connectivity index (χ0) is 13.4. The maximum absolute atomic E-state index is 13.2. The maximum atomic E-state index is 13.2. The molecular formula is C10H6BrFN4O3. The first-order valence-corrected chi connectivity index (χ1v) is 5.87. The van der Waals surface area contributed by atoms with Crippen molar-refractivity contribution in [3.8, 4) is 5.69 Å². The molecule has 0 spiro atoms. The molecule has 9 heteroatoms. The summed E-state index contributed by atoms with van der Waals surface area (Å²) in [6.45, 7) is 0. The fourth-order valence-electron chi connectivity index (χ4n) is 1.56. The lowest BCUT2D eigenvalue weighted by molar-refractivity contribution is 0.157. The largest absolute Gasteiger partial charge is 0.447 e. The molecule has 3 rings (SSSR count). The van der Waals surface area contributed by atoms with Gasteiger partial charge in [-0.25, -0.2) is 18.8 Å². The standard InChI is InChI=1S/C10H6BrFN4O3/c11-7-5-6(1-2-8(7)12)16-9(13-19-10(16)17)15-3-4-18-14-15/h1-5,14H. The average molecular weight is 329 g/mol. The minimum Gasteiger partial charge on any atom is -0.395 e. The van der Waals surface area contributed by atoms with Crippen LogP contribution < -0.4 is 16.4 Å². The van der Waals surface area contributed by atoms with Crippen molar-refractivity contribution in [1.82, 2.24) is 15.3 Å². The Morgan fingerprint density at radius 3 is 2.95 bits per heavy atom. The third-order valence-corrected chi connectivity index (χ3v) is 3.00. The number of aromatic nitrogens is 2. The van der Waals surface area contributed by atoms with Crippen LogP contribution in [0, 0.1) is 5.82 Å². The Kier molecular flexibility index (Phi) is 2.84. The van der Waals surface area contributed by atoms with Crippen LogP contribution in [0.4, 0.5) is 10.3 Å². The van der Waals surface area contributed by atoms with Gasteiger partial charge < -0.3 is 4.84 Å². The quantitative estimate of drug-likeness (QED) is 0.899. The second kappa shape index (κ2) is 4.52. The van der Waals surface area contributed by atoms with Crippen molar-refractivity contribution in [3.05, 3.63) is 51.5 Å². The highest BCUT2D eigenvalue weighted by Gasteiger charge is 2.20. The molecule has 19 heavy (non-hydrogen) atoms. The summed E-state index contributed by atoms with van der Waals surface area (Å²) < 4.78 is 19.2. The lowest BCUT2D eigenvalue weighted by Gasteiger charge is -2.12. The molecule has 1 aliphatic heterocycles. The second-order valence-corrected chi connectivity index (χ2v) is 4.40. The number of rotatable bonds is 2. The predicted molar refractivity (Wildman–Crippen MR) is 65.6 cm³/mol. The van der Waals surface area contributed by atoms with E-state index < -0.39 is 11.6 Å². The van der Waals surface area contributed by atoms with Crippen LogP contribution in [0.2, 0.25) is 0 Å². The Hall–Kier alpha value is -2.13. The molecule has 0 atom stereocenters. The van der Waals surface area contributed by atoms with Gasteiger partial charge in [-0.3, -0.25) is 4.52 Å². The first kappa shape index (κ1) is 11.9. The van der Waals surface area contributed by atoms with E-state index in [9.17, 15) is 9.18 Å². The summed E-state index contributed by atoms with van der Waals surface area (Å²) >= 11 is 3.05. The molecule has 2 heterocycles. The highest BCUT2D eigenvalue weighted by atomic mass is 79.9. The van der Waals surface area contributed by atoms with Crippen LogP contribution in [0.3, 0.4) is 0 Å². The van der Waals surface area contributed by atoms with Gasteiger partial charge in [0.15, 0.2) is 0 Å². The van der Waals surface area contributed by atoms with Gasteiger partial charge in [-0.1, -0.05) is 5.59 Å². The monoisotopic (exact) mass is 328 g/mol. The molecule has 1 aliphatic rings. The molecule has 1 aromatic heterocycles. The summed E-state index contributed by atoms with van der Waals surface area (Å²) in [5.41, 5.74) is 2.88. The van der Waals surface area contributed by atoms with Gasteiger partial charge in [-0.2, -0.15) is 0 Å². The smallest absolute Gasteiger partial charge is 0.395 e. The molecule has 0 saturated heterocycles. The van der Waals surface area contributed by atoms with Gasteiger partial charge in [0.2, 0.25) is 0 Å². The second-order valence-electron chi connectivity index (χ2n) is 3.55. The Bertz CT molecular complexity index is 711. The van der Waals surface area contributed by atoms with Crippen LogP contribution >= 0.6 is 15.9 Å². The van der Waals surface area contributed by atoms with E-state index in [0.717, 1.165) is 4.57 Å². The molecule has 0 fully saturated rings. The number of anilines is 1. The summed E-state index contributed by atoms with van der Waals surface area (Å²) in [6.07, 6.45) is 2.87. The van der Waals surface area contributed by atoms with Crippen molar-refractivity contribution in [2.24, 2.45) is 0 Å². The summed E-state index contributed by atoms with van der Waals surface area (Å²) in [6, 6.07) is 4.10. The zero-order valence-electron chi connectivity index (χ0n) is 9.21. The third-order valence-electron chi connectivity index (χ3n) is 2.39. The van der Waals surface area contributed by atoms with E-state index in [2.05, 4.69) is 31.2 Å². The van der Waals surface area contributed by atoms with E-state index >= 15 is 0 Å². The first-order valence-electron chi connectivity index (χ1n) is 5.08. The molecule has 0 radical (unpaired) electrons. The topological polar surface area (TPSA) is 72.5 Å². The highest BCUT2D eigenvalue weighted by molar-refractivity contribution is 9.10. The van der Waals surface area contributed by atoms with E-state index in [4.69, 9.17) is 4.84 Å². The van der Waals surface area contributed by atoms with Crippen LogP contribution in [0.5, 0.6) is 0 Å². The van der Waals surface area contributed by atoms with E-state index in [-0.39, 0.29) is 10.4 Å². The Morgan fingerprint density at radius 1 is 1.42 bits per heavy atom. The van der Waals surface area contributed by atoms with Crippen molar-refractivity contribution < 1.29 is 13.8 Å². The summed E-state index contributed by atoms with van der Waals surface area (Å²) in [7, 11) is 0. The SMILES string of the molecule is O=c1onc(N2C=CON2)n1-c1ccc(F)c(Br)c1. The van der Waals surface area contributed by atoms with Crippen molar-refractivity contribution in [2.75, 3.05) is 5.01 Å². The summed E-state index contributed by atoms with van der Waals surface area (Å²) in [5.74, 6) is -0.981. The minimum atomic E-state index is -0.699. The lowest BCUT2D eigenvalue weighted by atomic mass is 10.3. The van der Waals surface area contributed by atoms with E-state index in [1.165, 1.54) is 35.7 Å². The molecule has 0 saturated carbocycles. The van der Waals surface area contributed by atoms with Gasteiger partial charge in [0, 0.05) is 0 Å². The van der Waals surface area contributed by atoms with Crippen LogP contribution in [-0.2, 0) is 4.84 Å². The fraction of sp³-hybridized carbons (Fsp3) is 0. The molecule has 7 nitrogen and oxygen atoms in total. The number of hydrazine groups is 1.